The Morgan fingerprint density at radius 1 is 1.29 bits per heavy atom. The summed E-state index contributed by atoms with van der Waals surface area (Å²) in [6, 6.07) is 4.15. The minimum atomic E-state index is -0.350. The van der Waals surface area contributed by atoms with Gasteiger partial charge in [0.1, 0.15) is 5.82 Å². The van der Waals surface area contributed by atoms with E-state index >= 15 is 0 Å². The third kappa shape index (κ3) is 1.54. The number of hydrogen-bond acceptors (Lipinski definition) is 3. The van der Waals surface area contributed by atoms with Crippen LogP contribution in [0.15, 0.2) is 18.2 Å². The lowest BCUT2D eigenvalue weighted by Gasteiger charge is -2.02. The normalized spacial score (nSPS) is 10.8. The number of halogens is 2. The number of aromatic nitrogens is 2. The van der Waals surface area contributed by atoms with E-state index in [0.29, 0.717) is 16.7 Å². The molecular formula is C9H7ClFN3. The van der Waals surface area contributed by atoms with Crippen LogP contribution in [-0.4, -0.2) is 9.97 Å². The molecule has 0 atom stereocenters. The summed E-state index contributed by atoms with van der Waals surface area (Å²) in [7, 11) is 0. The fourth-order valence-electron chi connectivity index (χ4n) is 1.17. The molecule has 0 radical (unpaired) electrons. The van der Waals surface area contributed by atoms with E-state index in [2.05, 4.69) is 9.97 Å². The maximum absolute atomic E-state index is 12.8. The highest BCUT2D eigenvalue weighted by Gasteiger charge is 2.05. The summed E-state index contributed by atoms with van der Waals surface area (Å²) in [6.07, 6.45) is 0. The maximum atomic E-state index is 12.8. The van der Waals surface area contributed by atoms with Crippen molar-refractivity contribution in [3.63, 3.8) is 0 Å². The van der Waals surface area contributed by atoms with Crippen LogP contribution in [0.3, 0.4) is 0 Å². The largest absolute Gasteiger partial charge is 0.325 e. The molecule has 1 heterocycles. The molecule has 72 valence electrons. The number of nitrogens with two attached hydrogens (primary N) is 1. The lowest BCUT2D eigenvalue weighted by Crippen LogP contribution is -2.02. The van der Waals surface area contributed by atoms with Gasteiger partial charge in [0, 0.05) is 12.6 Å². The first-order valence-corrected chi connectivity index (χ1v) is 4.40. The van der Waals surface area contributed by atoms with Crippen LogP contribution in [0.1, 0.15) is 5.69 Å². The maximum Gasteiger partial charge on any atom is 0.152 e. The topological polar surface area (TPSA) is 51.8 Å². The molecular weight excluding hydrogens is 205 g/mol. The molecule has 2 rings (SSSR count). The van der Waals surface area contributed by atoms with Crippen molar-refractivity contribution in [2.24, 2.45) is 5.73 Å². The van der Waals surface area contributed by atoms with E-state index in [9.17, 15) is 4.39 Å². The first-order valence-electron chi connectivity index (χ1n) is 4.02. The SMILES string of the molecule is NCc1nc2cc(F)ccc2nc1Cl. The first-order chi connectivity index (χ1) is 6.70. The Bertz CT molecular complexity index is 487. The summed E-state index contributed by atoms with van der Waals surface area (Å²) in [5.74, 6) is -0.350. The van der Waals surface area contributed by atoms with Crippen LogP contribution in [0.25, 0.3) is 11.0 Å². The molecule has 0 spiro atoms. The average Bonchev–Trinajstić information content (AvgIpc) is 2.17. The predicted molar refractivity (Wildman–Crippen MR) is 52.4 cm³/mol. The number of benzene rings is 1. The number of rotatable bonds is 1. The predicted octanol–water partition coefficient (Wildman–Crippen LogP) is 1.88. The summed E-state index contributed by atoms with van der Waals surface area (Å²) in [4.78, 5) is 8.14. The van der Waals surface area contributed by atoms with Gasteiger partial charge in [-0.3, -0.25) is 0 Å². The second-order valence-electron chi connectivity index (χ2n) is 2.80. The highest BCUT2D eigenvalue weighted by molar-refractivity contribution is 6.30. The van der Waals surface area contributed by atoms with Crippen molar-refractivity contribution in [2.75, 3.05) is 0 Å². The zero-order valence-electron chi connectivity index (χ0n) is 7.17. The van der Waals surface area contributed by atoms with Crippen LogP contribution in [0, 0.1) is 5.82 Å². The van der Waals surface area contributed by atoms with E-state index in [0.717, 1.165) is 0 Å². The van der Waals surface area contributed by atoms with Crippen molar-refractivity contribution in [2.45, 2.75) is 6.54 Å². The standard InChI is InChI=1S/C9H7ClFN3/c10-9-8(4-12)13-7-3-5(11)1-2-6(7)14-9/h1-3H,4,12H2. The van der Waals surface area contributed by atoms with Crippen molar-refractivity contribution < 1.29 is 4.39 Å². The van der Waals surface area contributed by atoms with Crippen molar-refractivity contribution in [1.82, 2.24) is 9.97 Å². The molecule has 0 unspecified atom stereocenters. The van der Waals surface area contributed by atoms with E-state index in [1.165, 1.54) is 18.2 Å². The van der Waals surface area contributed by atoms with Gasteiger partial charge in [0.2, 0.25) is 0 Å². The van der Waals surface area contributed by atoms with Gasteiger partial charge in [-0.25, -0.2) is 14.4 Å². The zero-order chi connectivity index (χ0) is 10.1. The second-order valence-corrected chi connectivity index (χ2v) is 3.16. The molecule has 0 aliphatic carbocycles. The molecule has 3 nitrogen and oxygen atoms in total. The molecule has 0 bridgehead atoms. The van der Waals surface area contributed by atoms with Gasteiger partial charge in [-0.15, -0.1) is 0 Å². The molecule has 0 aliphatic heterocycles. The molecule has 2 N–H and O–H groups in total. The van der Waals surface area contributed by atoms with Crippen molar-refractivity contribution in [3.8, 4) is 0 Å². The first kappa shape index (κ1) is 9.30. The number of hydrogen-bond donors (Lipinski definition) is 1. The van der Waals surface area contributed by atoms with Crippen molar-refractivity contribution >= 4 is 22.6 Å². The minimum Gasteiger partial charge on any atom is -0.325 e. The highest BCUT2D eigenvalue weighted by Crippen LogP contribution is 2.17. The van der Waals surface area contributed by atoms with Crippen LogP contribution in [0.2, 0.25) is 5.15 Å². The van der Waals surface area contributed by atoms with Gasteiger partial charge in [0.25, 0.3) is 0 Å². The monoisotopic (exact) mass is 211 g/mol. The van der Waals surface area contributed by atoms with Crippen LogP contribution < -0.4 is 5.73 Å². The second kappa shape index (κ2) is 3.48. The van der Waals surface area contributed by atoms with Gasteiger partial charge in [0.15, 0.2) is 5.15 Å². The number of fused-ring (bicyclic) bond motifs is 1. The molecule has 0 fully saturated rings. The Labute approximate surface area is 84.7 Å². The van der Waals surface area contributed by atoms with Crippen LogP contribution in [0.5, 0.6) is 0 Å². The number of nitrogens with zero attached hydrogens (tertiary/aromatic N) is 2. The van der Waals surface area contributed by atoms with Crippen molar-refractivity contribution in [1.29, 1.82) is 0 Å². The quantitative estimate of drug-likeness (QED) is 0.784. The Morgan fingerprint density at radius 2 is 2.07 bits per heavy atom. The van der Waals surface area contributed by atoms with E-state index in [1.807, 2.05) is 0 Å². The summed E-state index contributed by atoms with van der Waals surface area (Å²) in [5.41, 5.74) is 6.91. The molecule has 1 aromatic carbocycles. The molecule has 0 saturated heterocycles. The molecule has 14 heavy (non-hydrogen) atoms. The smallest absolute Gasteiger partial charge is 0.152 e. The average molecular weight is 212 g/mol. The van der Waals surface area contributed by atoms with E-state index in [1.54, 1.807) is 0 Å². The molecule has 1 aromatic heterocycles. The summed E-state index contributed by atoms with van der Waals surface area (Å²) >= 11 is 5.80. The van der Waals surface area contributed by atoms with Crippen LogP contribution in [-0.2, 0) is 6.54 Å². The fraction of sp³-hybridized carbons (Fsp3) is 0.111. The van der Waals surface area contributed by atoms with Gasteiger partial charge >= 0.3 is 0 Å². The Balaban J connectivity index is 2.73. The van der Waals surface area contributed by atoms with Gasteiger partial charge in [-0.1, -0.05) is 11.6 Å². The van der Waals surface area contributed by atoms with Crippen LogP contribution >= 0.6 is 11.6 Å². The Hall–Kier alpha value is -1.26. The fourth-order valence-corrected chi connectivity index (χ4v) is 1.38. The third-order valence-corrected chi connectivity index (χ3v) is 2.15. The molecule has 0 saturated carbocycles. The Morgan fingerprint density at radius 3 is 2.79 bits per heavy atom. The summed E-state index contributed by atoms with van der Waals surface area (Å²) < 4.78 is 12.8. The van der Waals surface area contributed by atoms with Crippen molar-refractivity contribution in [3.05, 3.63) is 34.9 Å². The Kier molecular flexibility index (Phi) is 2.31. The zero-order valence-corrected chi connectivity index (χ0v) is 7.92. The lowest BCUT2D eigenvalue weighted by atomic mass is 10.3. The lowest BCUT2D eigenvalue weighted by molar-refractivity contribution is 0.629. The van der Waals surface area contributed by atoms with E-state index in [4.69, 9.17) is 17.3 Å². The van der Waals surface area contributed by atoms with E-state index < -0.39 is 0 Å². The highest BCUT2D eigenvalue weighted by atomic mass is 35.5. The molecule has 2 aromatic rings. The van der Waals surface area contributed by atoms with Gasteiger partial charge in [-0.2, -0.15) is 0 Å². The van der Waals surface area contributed by atoms with Gasteiger partial charge < -0.3 is 5.73 Å². The van der Waals surface area contributed by atoms with Gasteiger partial charge in [0.05, 0.1) is 16.7 Å². The minimum absolute atomic E-state index is 0.193. The summed E-state index contributed by atoms with van der Waals surface area (Å²) in [5, 5.41) is 0.270. The molecule has 0 aliphatic rings. The molecule has 0 amide bonds. The molecule has 5 heteroatoms. The third-order valence-electron chi connectivity index (χ3n) is 1.84. The van der Waals surface area contributed by atoms with Gasteiger partial charge in [-0.05, 0) is 12.1 Å². The van der Waals surface area contributed by atoms with E-state index in [-0.39, 0.29) is 17.5 Å². The van der Waals surface area contributed by atoms with Crippen LogP contribution in [0.4, 0.5) is 4.39 Å². The summed E-state index contributed by atoms with van der Waals surface area (Å²) in [6.45, 7) is 0.193.